The van der Waals surface area contributed by atoms with Gasteiger partial charge in [0.2, 0.25) is 0 Å². The number of carbonyl (C=O) groups excluding carboxylic acids is 1. The minimum absolute atomic E-state index is 0.0175. The lowest BCUT2D eigenvalue weighted by Gasteiger charge is -2.29. The highest BCUT2D eigenvalue weighted by Crippen LogP contribution is 2.27. The summed E-state index contributed by atoms with van der Waals surface area (Å²) in [5.41, 5.74) is 0.109. The molecule has 0 aliphatic heterocycles. The lowest BCUT2D eigenvalue weighted by atomic mass is 9.83. The molecule has 106 valence electrons. The molecule has 18 heavy (non-hydrogen) atoms. The lowest BCUT2D eigenvalue weighted by Crippen LogP contribution is -2.47. The van der Waals surface area contributed by atoms with E-state index in [1.54, 1.807) is 0 Å². The van der Waals surface area contributed by atoms with Crippen LogP contribution >= 0.6 is 0 Å². The van der Waals surface area contributed by atoms with E-state index in [-0.39, 0.29) is 17.5 Å². The summed E-state index contributed by atoms with van der Waals surface area (Å²) in [6, 6.07) is 0.167. The van der Waals surface area contributed by atoms with Gasteiger partial charge in [0.1, 0.15) is 0 Å². The molecule has 0 aromatic carbocycles. The molecule has 0 saturated heterocycles. The van der Waals surface area contributed by atoms with Crippen LogP contribution in [0.5, 0.6) is 0 Å². The highest BCUT2D eigenvalue weighted by molar-refractivity contribution is 5.74. The fourth-order valence-electron chi connectivity index (χ4n) is 2.23. The number of nitrogens with one attached hydrogen (secondary N) is 2. The summed E-state index contributed by atoms with van der Waals surface area (Å²) in [7, 11) is 0. The van der Waals surface area contributed by atoms with Gasteiger partial charge in [-0.25, -0.2) is 4.79 Å². The van der Waals surface area contributed by atoms with E-state index in [9.17, 15) is 4.79 Å². The van der Waals surface area contributed by atoms with E-state index in [4.69, 9.17) is 0 Å². The van der Waals surface area contributed by atoms with E-state index in [0.29, 0.717) is 5.92 Å². The van der Waals surface area contributed by atoms with E-state index >= 15 is 0 Å². The second kappa shape index (κ2) is 6.44. The van der Waals surface area contributed by atoms with E-state index in [0.717, 1.165) is 12.5 Å². The fourth-order valence-corrected chi connectivity index (χ4v) is 2.23. The maximum Gasteiger partial charge on any atom is 0.315 e. The molecule has 0 aromatic heterocycles. The van der Waals surface area contributed by atoms with E-state index in [1.165, 1.54) is 25.7 Å². The molecule has 3 heteroatoms. The molecular formula is C15H30N2O. The van der Waals surface area contributed by atoms with Gasteiger partial charge in [-0.1, -0.05) is 40.5 Å². The van der Waals surface area contributed by atoms with E-state index < -0.39 is 0 Å². The number of hydrogen-bond donors (Lipinski definition) is 2. The fraction of sp³-hybridized carbons (Fsp3) is 0.933. The summed E-state index contributed by atoms with van der Waals surface area (Å²) in [6.07, 6.45) is 5.14. The maximum atomic E-state index is 11.8. The molecule has 0 aromatic rings. The van der Waals surface area contributed by atoms with Crippen LogP contribution in [-0.4, -0.2) is 18.6 Å². The molecule has 1 aliphatic rings. The van der Waals surface area contributed by atoms with Crippen molar-refractivity contribution in [1.82, 2.24) is 10.6 Å². The quantitative estimate of drug-likeness (QED) is 0.794. The molecule has 0 heterocycles. The zero-order valence-electron chi connectivity index (χ0n) is 12.7. The summed E-state index contributed by atoms with van der Waals surface area (Å²) in [5, 5.41) is 6.04. The Labute approximate surface area is 112 Å². The molecule has 1 saturated carbocycles. The summed E-state index contributed by atoms with van der Waals surface area (Å²) in [6.45, 7) is 11.6. The van der Waals surface area contributed by atoms with E-state index in [2.05, 4.69) is 45.3 Å². The highest BCUT2D eigenvalue weighted by atomic mass is 16.2. The Balaban J connectivity index is 2.21. The summed E-state index contributed by atoms with van der Waals surface area (Å²) in [5.74, 6) is 1.55. The first kappa shape index (κ1) is 15.3. The molecule has 1 aliphatic carbocycles. The topological polar surface area (TPSA) is 41.1 Å². The average molecular weight is 254 g/mol. The van der Waals surface area contributed by atoms with Crippen LogP contribution in [0.2, 0.25) is 0 Å². The van der Waals surface area contributed by atoms with Gasteiger partial charge in [0.25, 0.3) is 0 Å². The monoisotopic (exact) mass is 254 g/mol. The third kappa shape index (κ3) is 5.28. The van der Waals surface area contributed by atoms with Crippen molar-refractivity contribution in [2.45, 2.75) is 66.3 Å². The van der Waals surface area contributed by atoms with Crippen molar-refractivity contribution in [2.24, 2.45) is 17.3 Å². The first-order valence-corrected chi connectivity index (χ1v) is 7.33. The van der Waals surface area contributed by atoms with Gasteiger partial charge in [-0.2, -0.15) is 0 Å². The van der Waals surface area contributed by atoms with Crippen LogP contribution in [0.4, 0.5) is 4.79 Å². The molecule has 0 unspecified atom stereocenters. The van der Waals surface area contributed by atoms with Gasteiger partial charge < -0.3 is 10.6 Å². The molecule has 0 spiro atoms. The van der Waals surface area contributed by atoms with Crippen LogP contribution in [-0.2, 0) is 0 Å². The maximum absolute atomic E-state index is 11.8. The van der Waals surface area contributed by atoms with Gasteiger partial charge in [0.05, 0.1) is 0 Å². The van der Waals surface area contributed by atoms with Crippen LogP contribution in [0.25, 0.3) is 0 Å². The Kier molecular flexibility index (Phi) is 5.48. The summed E-state index contributed by atoms with van der Waals surface area (Å²) >= 11 is 0. The van der Waals surface area contributed by atoms with Crippen molar-refractivity contribution in [3.63, 3.8) is 0 Å². The average Bonchev–Trinajstić information content (AvgIpc) is 2.27. The number of hydrogen-bond acceptors (Lipinski definition) is 1. The molecule has 1 atom stereocenters. The Morgan fingerprint density at radius 3 is 2.28 bits per heavy atom. The van der Waals surface area contributed by atoms with Crippen LogP contribution in [0.3, 0.4) is 0 Å². The van der Waals surface area contributed by atoms with Crippen molar-refractivity contribution in [3.8, 4) is 0 Å². The predicted octanol–water partition coefficient (Wildman–Crippen LogP) is 3.55. The standard InChI is InChI=1S/C15H30N2O/c1-11-6-8-13(9-7-11)10-16-14(18)17-12(2)15(3,4)5/h11-13H,6-10H2,1-5H3,(H2,16,17,18)/t11?,12-,13?/m1/s1. The second-order valence-corrected chi connectivity index (χ2v) is 7.07. The van der Waals surface area contributed by atoms with Crippen molar-refractivity contribution >= 4 is 6.03 Å². The third-order valence-electron chi connectivity index (χ3n) is 4.33. The Hall–Kier alpha value is -0.730. The lowest BCUT2D eigenvalue weighted by molar-refractivity contribution is 0.216. The van der Waals surface area contributed by atoms with Crippen LogP contribution in [0, 0.1) is 17.3 Å². The van der Waals surface area contributed by atoms with E-state index in [1.807, 2.05) is 0 Å². The number of carbonyl (C=O) groups is 1. The number of urea groups is 1. The molecule has 2 amide bonds. The smallest absolute Gasteiger partial charge is 0.315 e. The van der Waals surface area contributed by atoms with Crippen LogP contribution in [0.1, 0.15) is 60.3 Å². The largest absolute Gasteiger partial charge is 0.338 e. The van der Waals surface area contributed by atoms with Crippen molar-refractivity contribution in [1.29, 1.82) is 0 Å². The van der Waals surface area contributed by atoms with Gasteiger partial charge in [-0.3, -0.25) is 0 Å². The van der Waals surface area contributed by atoms with Gasteiger partial charge in [-0.05, 0) is 37.0 Å². The SMILES string of the molecule is CC1CCC(CNC(=O)N[C@H](C)C(C)(C)C)CC1. The number of amides is 2. The molecule has 1 fully saturated rings. The van der Waals surface area contributed by atoms with Gasteiger partial charge in [0.15, 0.2) is 0 Å². The molecular weight excluding hydrogens is 224 g/mol. The second-order valence-electron chi connectivity index (χ2n) is 7.07. The first-order valence-electron chi connectivity index (χ1n) is 7.33. The molecule has 1 rings (SSSR count). The summed E-state index contributed by atoms with van der Waals surface area (Å²) in [4.78, 5) is 11.8. The van der Waals surface area contributed by atoms with Crippen molar-refractivity contribution in [3.05, 3.63) is 0 Å². The Bertz CT molecular complexity index is 262. The zero-order chi connectivity index (χ0) is 13.8. The van der Waals surface area contributed by atoms with Gasteiger partial charge in [-0.15, -0.1) is 0 Å². The van der Waals surface area contributed by atoms with Crippen LogP contribution < -0.4 is 10.6 Å². The molecule has 3 nitrogen and oxygen atoms in total. The first-order chi connectivity index (χ1) is 8.29. The molecule has 0 radical (unpaired) electrons. The van der Waals surface area contributed by atoms with Gasteiger partial charge >= 0.3 is 6.03 Å². The molecule has 0 bridgehead atoms. The molecule has 2 N–H and O–H groups in total. The normalized spacial score (nSPS) is 26.5. The predicted molar refractivity (Wildman–Crippen MR) is 76.6 cm³/mol. The van der Waals surface area contributed by atoms with Crippen molar-refractivity contribution < 1.29 is 4.79 Å². The minimum atomic E-state index is -0.0175. The van der Waals surface area contributed by atoms with Crippen LogP contribution in [0.15, 0.2) is 0 Å². The minimum Gasteiger partial charge on any atom is -0.338 e. The summed E-state index contributed by atoms with van der Waals surface area (Å²) < 4.78 is 0. The third-order valence-corrected chi connectivity index (χ3v) is 4.33. The Morgan fingerprint density at radius 1 is 1.22 bits per heavy atom. The van der Waals surface area contributed by atoms with Crippen molar-refractivity contribution in [2.75, 3.05) is 6.54 Å². The zero-order valence-corrected chi connectivity index (χ0v) is 12.7. The highest BCUT2D eigenvalue weighted by Gasteiger charge is 2.22. The van der Waals surface area contributed by atoms with Gasteiger partial charge in [0, 0.05) is 12.6 Å². The Morgan fingerprint density at radius 2 is 1.78 bits per heavy atom. The number of rotatable bonds is 3.